The molecule has 3 aromatic rings. The molecule has 1 aliphatic heterocycles. The monoisotopic (exact) mass is 495 g/mol. The Morgan fingerprint density at radius 1 is 1.22 bits per heavy atom. The van der Waals surface area contributed by atoms with Crippen LogP contribution in [-0.4, -0.2) is 44.4 Å². The zero-order valence-electron chi connectivity index (χ0n) is 21.2. The third-order valence-electron chi connectivity index (χ3n) is 8.17. The van der Waals surface area contributed by atoms with Gasteiger partial charge < -0.3 is 5.32 Å². The van der Waals surface area contributed by atoms with Gasteiger partial charge in [-0.15, -0.1) is 5.10 Å². The highest BCUT2D eigenvalue weighted by Crippen LogP contribution is 2.47. The normalized spacial score (nSPS) is 24.7. The number of hydrogen-bond donors (Lipinski definition) is 1. The van der Waals surface area contributed by atoms with Crippen LogP contribution in [0.5, 0.6) is 0 Å². The van der Waals surface area contributed by atoms with Crippen molar-refractivity contribution < 1.29 is 9.59 Å². The van der Waals surface area contributed by atoms with E-state index in [1.807, 2.05) is 39.0 Å². The number of nitriles is 1. The molecule has 1 aromatic carbocycles. The fourth-order valence-corrected chi connectivity index (χ4v) is 5.70. The summed E-state index contributed by atoms with van der Waals surface area (Å²) >= 11 is 0. The zero-order valence-corrected chi connectivity index (χ0v) is 21.2. The van der Waals surface area contributed by atoms with Crippen LogP contribution in [0.25, 0.3) is 0 Å². The molecular formula is C28H29N7O2. The van der Waals surface area contributed by atoms with E-state index in [0.29, 0.717) is 17.3 Å². The van der Waals surface area contributed by atoms with Gasteiger partial charge in [-0.3, -0.25) is 14.5 Å². The molecule has 2 saturated carbocycles. The maximum atomic E-state index is 12.8. The average Bonchev–Trinajstić information content (AvgIpc) is 3.31. The smallest absolute Gasteiger partial charge is 0.273 e. The first kappa shape index (κ1) is 23.3. The summed E-state index contributed by atoms with van der Waals surface area (Å²) in [5, 5.41) is 20.8. The fourth-order valence-electron chi connectivity index (χ4n) is 5.70. The summed E-state index contributed by atoms with van der Waals surface area (Å²) < 4.78 is 1.67. The summed E-state index contributed by atoms with van der Waals surface area (Å²) in [7, 11) is 0. The summed E-state index contributed by atoms with van der Waals surface area (Å²) in [5.74, 6) is 1.61. The standard InChI is InChI=1S/C28H29N7O2/c1-15-4-5-18(11-29)22(6-15)19-8-21(9-19)31-27(36)25-14-35(33-32-25)17(3)24-12-30-26(7-16(24)2)34-13-20-10-23(20)28(34)37/h4-7,12,14,17,19-21,23H,8-10,13H2,1-3H3,(H,31,36)/t17?,19-,20-,21+,23-/m1/s1. The van der Waals surface area contributed by atoms with Crippen LogP contribution in [0, 0.1) is 37.0 Å². The van der Waals surface area contributed by atoms with E-state index in [1.54, 1.807) is 22.0 Å². The van der Waals surface area contributed by atoms with Crippen LogP contribution in [0.3, 0.4) is 0 Å². The molecule has 3 aliphatic rings. The highest BCUT2D eigenvalue weighted by molar-refractivity contribution is 5.99. The second kappa shape index (κ2) is 8.80. The van der Waals surface area contributed by atoms with Crippen LogP contribution < -0.4 is 10.2 Å². The molecule has 1 saturated heterocycles. The van der Waals surface area contributed by atoms with Crippen LogP contribution in [0.1, 0.15) is 76.5 Å². The first-order chi connectivity index (χ1) is 17.8. The van der Waals surface area contributed by atoms with E-state index in [4.69, 9.17) is 0 Å². The van der Waals surface area contributed by atoms with Gasteiger partial charge in [0.15, 0.2) is 5.69 Å². The molecule has 9 nitrogen and oxygen atoms in total. The number of pyridine rings is 1. The van der Waals surface area contributed by atoms with Gasteiger partial charge in [0, 0.05) is 24.7 Å². The number of anilines is 1. The molecule has 0 bridgehead atoms. The number of hydrogen-bond acceptors (Lipinski definition) is 6. The van der Waals surface area contributed by atoms with Crippen LogP contribution >= 0.6 is 0 Å². The molecule has 3 atom stereocenters. The average molecular weight is 496 g/mol. The third kappa shape index (κ3) is 4.16. The Bertz CT molecular complexity index is 1450. The first-order valence-corrected chi connectivity index (χ1v) is 12.8. The number of aromatic nitrogens is 4. The lowest BCUT2D eigenvalue weighted by molar-refractivity contribution is -0.118. The second-order valence-electron chi connectivity index (χ2n) is 10.8. The van der Waals surface area contributed by atoms with E-state index < -0.39 is 0 Å². The number of benzene rings is 1. The molecule has 9 heteroatoms. The Morgan fingerprint density at radius 2 is 2.03 bits per heavy atom. The van der Waals surface area contributed by atoms with Gasteiger partial charge in [0.1, 0.15) is 5.82 Å². The summed E-state index contributed by atoms with van der Waals surface area (Å²) in [5.41, 5.74) is 5.15. The minimum atomic E-state index is -0.247. The molecule has 0 spiro atoms. The maximum absolute atomic E-state index is 12.8. The Labute approximate surface area is 215 Å². The van der Waals surface area contributed by atoms with Crippen molar-refractivity contribution in [2.75, 3.05) is 11.4 Å². The molecule has 37 heavy (non-hydrogen) atoms. The maximum Gasteiger partial charge on any atom is 0.273 e. The van der Waals surface area contributed by atoms with E-state index in [1.165, 1.54) is 0 Å². The number of piperidine rings is 1. The predicted octanol–water partition coefficient (Wildman–Crippen LogP) is 3.43. The van der Waals surface area contributed by atoms with Crippen molar-refractivity contribution in [2.45, 2.75) is 58.0 Å². The molecule has 0 radical (unpaired) electrons. The highest BCUT2D eigenvalue weighted by Gasteiger charge is 2.52. The Kier molecular flexibility index (Phi) is 5.55. The van der Waals surface area contributed by atoms with Crippen molar-refractivity contribution in [2.24, 2.45) is 11.8 Å². The van der Waals surface area contributed by atoms with Gasteiger partial charge in [-0.2, -0.15) is 5.26 Å². The summed E-state index contributed by atoms with van der Waals surface area (Å²) in [6.45, 7) is 6.77. The van der Waals surface area contributed by atoms with E-state index >= 15 is 0 Å². The summed E-state index contributed by atoms with van der Waals surface area (Å²) in [4.78, 5) is 31.6. The summed E-state index contributed by atoms with van der Waals surface area (Å²) in [6, 6.07) is 10.0. The van der Waals surface area contributed by atoms with Gasteiger partial charge >= 0.3 is 0 Å². The molecule has 2 aromatic heterocycles. The number of nitrogens with one attached hydrogen (secondary N) is 1. The number of rotatable bonds is 6. The molecule has 6 rings (SSSR count). The van der Waals surface area contributed by atoms with Crippen LogP contribution in [0.2, 0.25) is 0 Å². The molecule has 3 heterocycles. The lowest BCUT2D eigenvalue weighted by Gasteiger charge is -2.36. The van der Waals surface area contributed by atoms with E-state index in [2.05, 4.69) is 32.7 Å². The van der Waals surface area contributed by atoms with Gasteiger partial charge in [-0.25, -0.2) is 9.67 Å². The quantitative estimate of drug-likeness (QED) is 0.560. The van der Waals surface area contributed by atoms with Gasteiger partial charge in [0.25, 0.3) is 5.91 Å². The first-order valence-electron chi connectivity index (χ1n) is 12.8. The van der Waals surface area contributed by atoms with Crippen LogP contribution in [0.4, 0.5) is 5.82 Å². The number of amides is 2. The van der Waals surface area contributed by atoms with Crippen molar-refractivity contribution in [3.8, 4) is 6.07 Å². The largest absolute Gasteiger partial charge is 0.348 e. The van der Waals surface area contributed by atoms with Crippen molar-refractivity contribution in [3.63, 3.8) is 0 Å². The zero-order chi connectivity index (χ0) is 25.8. The number of aryl methyl sites for hydroxylation is 2. The van der Waals surface area contributed by atoms with Gasteiger partial charge in [-0.05, 0) is 80.7 Å². The molecule has 3 fully saturated rings. The molecule has 2 amide bonds. The van der Waals surface area contributed by atoms with Crippen LogP contribution in [-0.2, 0) is 4.79 Å². The molecule has 2 aliphatic carbocycles. The second-order valence-corrected chi connectivity index (χ2v) is 10.8. The molecule has 1 N–H and O–H groups in total. The number of carbonyl (C=O) groups excluding carboxylic acids is 2. The van der Waals surface area contributed by atoms with E-state index in [-0.39, 0.29) is 41.4 Å². The minimum absolute atomic E-state index is 0.0467. The molecule has 188 valence electrons. The lowest BCUT2D eigenvalue weighted by Crippen LogP contribution is -2.43. The Hall–Kier alpha value is -4.06. The van der Waals surface area contributed by atoms with Crippen molar-refractivity contribution in [1.29, 1.82) is 5.26 Å². The van der Waals surface area contributed by atoms with Gasteiger partial charge in [0.05, 0.1) is 23.9 Å². The fraction of sp³-hybridized carbons (Fsp3) is 0.429. The van der Waals surface area contributed by atoms with Crippen molar-refractivity contribution >= 4 is 17.6 Å². The van der Waals surface area contributed by atoms with Crippen molar-refractivity contribution in [1.82, 2.24) is 25.3 Å². The van der Waals surface area contributed by atoms with E-state index in [0.717, 1.165) is 48.1 Å². The number of nitrogens with zero attached hydrogens (tertiary/aromatic N) is 6. The SMILES string of the molecule is Cc1ccc(C#N)c([C@H]2C[C@@H](NC(=O)c3cn(C(C)c4cnc(N5C[C@H]6C[C@H]6C5=O)cc4C)nn3)C2)c1. The molecule has 1 unspecified atom stereocenters. The number of fused-ring (bicyclic) bond motifs is 1. The lowest BCUT2D eigenvalue weighted by atomic mass is 9.74. The Morgan fingerprint density at radius 3 is 2.73 bits per heavy atom. The minimum Gasteiger partial charge on any atom is -0.348 e. The van der Waals surface area contributed by atoms with Crippen molar-refractivity contribution in [3.05, 3.63) is 70.2 Å². The van der Waals surface area contributed by atoms with Gasteiger partial charge in [0.2, 0.25) is 5.91 Å². The summed E-state index contributed by atoms with van der Waals surface area (Å²) in [6.07, 6.45) is 6.07. The topological polar surface area (TPSA) is 117 Å². The third-order valence-corrected chi connectivity index (χ3v) is 8.17. The molecular weight excluding hydrogens is 466 g/mol. The highest BCUT2D eigenvalue weighted by atomic mass is 16.2. The van der Waals surface area contributed by atoms with E-state index in [9.17, 15) is 14.9 Å². The number of carbonyl (C=O) groups is 2. The predicted molar refractivity (Wildman–Crippen MR) is 136 cm³/mol. The van der Waals surface area contributed by atoms with Crippen LogP contribution in [0.15, 0.2) is 36.7 Å². The Balaban J connectivity index is 1.08. The van der Waals surface area contributed by atoms with Gasteiger partial charge in [-0.1, -0.05) is 22.9 Å².